The number of ether oxygens (including phenoxy) is 7. The van der Waals surface area contributed by atoms with E-state index >= 15 is 0 Å². The number of esters is 2. The average molecular weight is 615 g/mol. The second kappa shape index (κ2) is 14.3. The molecular weight excluding hydrogens is 568 g/mol. The smallest absolute Gasteiger partial charge is 0.303 e. The summed E-state index contributed by atoms with van der Waals surface area (Å²) in [5.41, 5.74) is -0.631. The lowest BCUT2D eigenvalue weighted by molar-refractivity contribution is -0.331. The topological polar surface area (TPSA) is 108 Å². The summed E-state index contributed by atoms with van der Waals surface area (Å²) in [7, 11) is 0.971. The van der Waals surface area contributed by atoms with E-state index in [1.807, 2.05) is 37.3 Å². The van der Waals surface area contributed by atoms with Gasteiger partial charge in [-0.3, -0.25) is 9.59 Å². The van der Waals surface area contributed by atoms with Gasteiger partial charge < -0.3 is 37.6 Å². The van der Waals surface area contributed by atoms with Crippen molar-refractivity contribution in [2.45, 2.75) is 119 Å². The van der Waals surface area contributed by atoms with Crippen LogP contribution in [0.25, 0.3) is 0 Å². The molecule has 0 spiro atoms. The van der Waals surface area contributed by atoms with Crippen LogP contribution in [0.4, 0.5) is 0 Å². The van der Waals surface area contributed by atoms with Crippen LogP contribution in [0.3, 0.4) is 0 Å². The van der Waals surface area contributed by atoms with Crippen LogP contribution in [0.15, 0.2) is 35.2 Å². The van der Waals surface area contributed by atoms with E-state index in [0.717, 1.165) is 4.90 Å². The van der Waals surface area contributed by atoms with Gasteiger partial charge in [0.1, 0.15) is 23.7 Å². The van der Waals surface area contributed by atoms with Crippen molar-refractivity contribution >= 4 is 32.0 Å². The summed E-state index contributed by atoms with van der Waals surface area (Å²) < 4.78 is 49.0. The maximum Gasteiger partial charge on any atom is 0.303 e. The van der Waals surface area contributed by atoms with Crippen molar-refractivity contribution in [3.63, 3.8) is 0 Å². The first-order chi connectivity index (χ1) is 19.2. The number of carbonyl (C=O) groups excluding carboxylic acids is 2. The fraction of sp³-hybridized carbons (Fsp3) is 0.724. The molecule has 2 saturated heterocycles. The Morgan fingerprint density at radius 1 is 0.902 bits per heavy atom. The van der Waals surface area contributed by atoms with Gasteiger partial charge in [0.25, 0.3) is 0 Å². The van der Waals surface area contributed by atoms with Crippen molar-refractivity contribution in [1.29, 1.82) is 0 Å². The van der Waals surface area contributed by atoms with E-state index in [0.29, 0.717) is 0 Å². The predicted molar refractivity (Wildman–Crippen MR) is 156 cm³/mol. The number of carbonyl (C=O) groups is 2. The monoisotopic (exact) mass is 614 g/mol. The van der Waals surface area contributed by atoms with Crippen molar-refractivity contribution in [1.82, 2.24) is 0 Å². The van der Waals surface area contributed by atoms with Crippen LogP contribution >= 0.6 is 11.8 Å². The van der Waals surface area contributed by atoms with Gasteiger partial charge in [0.2, 0.25) is 0 Å². The van der Waals surface area contributed by atoms with Crippen molar-refractivity contribution < 1.29 is 47.2 Å². The normalized spacial score (nSPS) is 32.8. The zero-order valence-corrected chi connectivity index (χ0v) is 27.6. The Kier molecular flexibility index (Phi) is 11.9. The Bertz CT molecular complexity index is 1000. The molecule has 2 aliphatic rings. The fourth-order valence-corrected chi connectivity index (χ4v) is 7.14. The van der Waals surface area contributed by atoms with Crippen LogP contribution < -0.4 is 0 Å². The van der Waals surface area contributed by atoms with Gasteiger partial charge in [-0.15, -0.1) is 0 Å². The molecule has 9 unspecified atom stereocenters. The highest BCUT2D eigenvalue weighted by Crippen LogP contribution is 2.41. The van der Waals surface area contributed by atoms with Gasteiger partial charge in [0.05, 0.1) is 18.8 Å². The first-order valence-corrected chi connectivity index (χ1v) is 17.7. The molecule has 0 bridgehead atoms. The molecule has 12 heteroatoms. The molecule has 0 aliphatic carbocycles. The van der Waals surface area contributed by atoms with E-state index in [-0.39, 0.29) is 11.6 Å². The largest absolute Gasteiger partial charge is 0.457 e. The standard InChI is InChI=1S/C29H46O10SSi/c1-17-22(39-41(9,10)29(4,5)6)24(32-7)25(33-8)27(35-17)38-23-21(36-18(2)30)16-34-28(26(23)37-19(3)31)40-20-14-12-11-13-15-20/h11-15,17,21-28H,16H2,1-10H3. The number of hydrogen-bond donors (Lipinski definition) is 0. The minimum absolute atomic E-state index is 0.0248. The molecule has 0 N–H and O–H groups in total. The minimum atomic E-state index is -2.19. The molecule has 232 valence electrons. The second-order valence-electron chi connectivity index (χ2n) is 11.9. The average Bonchev–Trinajstić information content (AvgIpc) is 2.87. The first kappa shape index (κ1) is 34.0. The Morgan fingerprint density at radius 2 is 1.51 bits per heavy atom. The molecule has 0 radical (unpaired) electrons. The highest BCUT2D eigenvalue weighted by molar-refractivity contribution is 7.99. The van der Waals surface area contributed by atoms with Gasteiger partial charge >= 0.3 is 11.9 Å². The molecule has 1 aromatic carbocycles. The molecule has 1 aromatic rings. The SMILES string of the molecule is COC1C(OC2C(OC(C)=O)COC(Sc3ccccc3)C2OC(C)=O)OC(C)C(O[Si](C)(C)C(C)(C)C)C1OC. The molecule has 0 amide bonds. The van der Waals surface area contributed by atoms with E-state index in [1.54, 1.807) is 14.2 Å². The maximum absolute atomic E-state index is 12.3. The van der Waals surface area contributed by atoms with Crippen LogP contribution in [0, 0.1) is 0 Å². The summed E-state index contributed by atoms with van der Waals surface area (Å²) in [5.74, 6) is -1.03. The lowest BCUT2D eigenvalue weighted by Crippen LogP contribution is -2.65. The lowest BCUT2D eigenvalue weighted by Gasteiger charge is -2.50. The van der Waals surface area contributed by atoms with Gasteiger partial charge in [-0.2, -0.15) is 0 Å². The highest BCUT2D eigenvalue weighted by Gasteiger charge is 2.53. The fourth-order valence-electron chi connectivity index (χ4n) is 4.71. The van der Waals surface area contributed by atoms with Crippen LogP contribution in [-0.2, 0) is 47.2 Å². The molecule has 2 aliphatic heterocycles. The molecular formula is C29H46O10SSi. The second-order valence-corrected chi connectivity index (χ2v) is 17.8. The van der Waals surface area contributed by atoms with Crippen molar-refractivity contribution in [2.75, 3.05) is 20.8 Å². The van der Waals surface area contributed by atoms with Gasteiger partial charge in [0.15, 0.2) is 26.8 Å². The lowest BCUT2D eigenvalue weighted by atomic mass is 9.98. The molecule has 3 rings (SSSR count). The van der Waals surface area contributed by atoms with Gasteiger partial charge in [-0.1, -0.05) is 50.7 Å². The van der Waals surface area contributed by atoms with Gasteiger partial charge in [-0.25, -0.2) is 0 Å². The Morgan fingerprint density at radius 3 is 2.05 bits per heavy atom. The van der Waals surface area contributed by atoms with Crippen LogP contribution in [-0.4, -0.2) is 95.5 Å². The van der Waals surface area contributed by atoms with Crippen LogP contribution in [0.1, 0.15) is 41.5 Å². The number of thioether (sulfide) groups is 1. The quantitative estimate of drug-likeness (QED) is 0.274. The van der Waals surface area contributed by atoms with E-state index in [1.165, 1.54) is 25.6 Å². The van der Waals surface area contributed by atoms with Gasteiger partial charge in [-0.05, 0) is 37.2 Å². The molecule has 0 aromatic heterocycles. The summed E-state index contributed by atoms with van der Waals surface area (Å²) in [6.07, 6.45) is -5.67. The highest BCUT2D eigenvalue weighted by atomic mass is 32.2. The van der Waals surface area contributed by atoms with Crippen LogP contribution in [0.5, 0.6) is 0 Å². The Balaban J connectivity index is 1.92. The molecule has 9 atom stereocenters. The summed E-state index contributed by atoms with van der Waals surface area (Å²) in [5, 5.41) is -0.0248. The van der Waals surface area contributed by atoms with Gasteiger partial charge in [0, 0.05) is 33.0 Å². The van der Waals surface area contributed by atoms with E-state index in [2.05, 4.69) is 33.9 Å². The zero-order valence-electron chi connectivity index (χ0n) is 25.8. The van der Waals surface area contributed by atoms with E-state index in [9.17, 15) is 9.59 Å². The van der Waals surface area contributed by atoms with E-state index in [4.69, 9.17) is 37.6 Å². The molecule has 2 fully saturated rings. The van der Waals surface area contributed by atoms with Crippen molar-refractivity contribution in [2.24, 2.45) is 0 Å². The third kappa shape index (κ3) is 8.53. The zero-order chi connectivity index (χ0) is 30.5. The van der Waals surface area contributed by atoms with Crippen LogP contribution in [0.2, 0.25) is 18.1 Å². The Labute approximate surface area is 249 Å². The predicted octanol–water partition coefficient (Wildman–Crippen LogP) is 4.55. The summed E-state index contributed by atoms with van der Waals surface area (Å²) in [6, 6.07) is 9.61. The summed E-state index contributed by atoms with van der Waals surface area (Å²) >= 11 is 1.39. The number of methoxy groups -OCH3 is 2. The molecule has 2 heterocycles. The molecule has 10 nitrogen and oxygen atoms in total. The minimum Gasteiger partial charge on any atom is -0.457 e. The van der Waals surface area contributed by atoms with Crippen molar-refractivity contribution in [3.05, 3.63) is 30.3 Å². The number of hydrogen-bond acceptors (Lipinski definition) is 11. The van der Waals surface area contributed by atoms with E-state index < -0.39 is 74.7 Å². The third-order valence-corrected chi connectivity index (χ3v) is 13.5. The summed E-state index contributed by atoms with van der Waals surface area (Å²) in [6.45, 7) is 15.5. The first-order valence-electron chi connectivity index (χ1n) is 13.9. The number of rotatable bonds is 10. The third-order valence-electron chi connectivity index (χ3n) is 7.80. The van der Waals surface area contributed by atoms with Crippen molar-refractivity contribution in [3.8, 4) is 0 Å². The molecule has 0 saturated carbocycles. The Hall–Kier alpha value is -1.51. The maximum atomic E-state index is 12.3. The molecule has 41 heavy (non-hydrogen) atoms. The number of benzene rings is 1. The summed E-state index contributed by atoms with van der Waals surface area (Å²) in [4.78, 5) is 25.2.